The van der Waals surface area contributed by atoms with Crippen molar-refractivity contribution < 1.29 is 24.6 Å². The van der Waals surface area contributed by atoms with Crippen LogP contribution in [0.15, 0.2) is 18.6 Å². The highest BCUT2D eigenvalue weighted by molar-refractivity contribution is 5.95. The molecule has 8 heteroatoms. The number of nitrogens with zero attached hydrogens (tertiary/aromatic N) is 2. The van der Waals surface area contributed by atoms with Crippen LogP contribution in [0.4, 0.5) is 0 Å². The molecule has 1 aromatic rings. The maximum atomic E-state index is 11.5. The quantitative estimate of drug-likeness (QED) is 0.609. The zero-order valence-corrected chi connectivity index (χ0v) is 8.53. The van der Waals surface area contributed by atoms with Gasteiger partial charge in [0, 0.05) is 12.4 Å². The van der Waals surface area contributed by atoms with Crippen molar-refractivity contribution in [3.05, 3.63) is 24.3 Å². The number of hydrogen-bond acceptors (Lipinski definition) is 5. The van der Waals surface area contributed by atoms with E-state index in [2.05, 4.69) is 9.97 Å². The lowest BCUT2D eigenvalue weighted by Gasteiger charge is -2.11. The maximum absolute atomic E-state index is 11.5. The summed E-state index contributed by atoms with van der Waals surface area (Å²) in [4.78, 5) is 39.8. The molecule has 8 nitrogen and oxygen atoms in total. The largest absolute Gasteiger partial charge is 0.481 e. The number of carbonyl (C=O) groups is 3. The van der Waals surface area contributed by atoms with Crippen LogP contribution >= 0.6 is 0 Å². The molecule has 0 bridgehead atoms. The van der Waals surface area contributed by atoms with Gasteiger partial charge in [0.15, 0.2) is 0 Å². The van der Waals surface area contributed by atoms with Crippen LogP contribution in [0.5, 0.6) is 0 Å². The van der Waals surface area contributed by atoms with Crippen molar-refractivity contribution in [3.8, 4) is 0 Å². The normalized spacial score (nSPS) is 11.5. The molecule has 0 aliphatic heterocycles. The van der Waals surface area contributed by atoms with Crippen LogP contribution in [0.1, 0.15) is 16.9 Å². The number of nitrogens with one attached hydrogen (secondary N) is 1. The topological polar surface area (TPSA) is 129 Å². The Morgan fingerprint density at radius 2 is 2.00 bits per heavy atom. The lowest BCUT2D eigenvalue weighted by atomic mass is 10.2. The third kappa shape index (κ3) is 3.86. The Hall–Kier alpha value is -2.51. The molecule has 90 valence electrons. The number of hydrogen-bond donors (Lipinski definition) is 3. The molecule has 1 atom stereocenters. The third-order valence-electron chi connectivity index (χ3n) is 1.78. The van der Waals surface area contributed by atoms with Crippen LogP contribution in [0.3, 0.4) is 0 Å². The summed E-state index contributed by atoms with van der Waals surface area (Å²) >= 11 is 0. The van der Waals surface area contributed by atoms with Gasteiger partial charge in [-0.05, 0) is 0 Å². The molecule has 0 saturated heterocycles. The molecule has 1 amide bonds. The fourth-order valence-corrected chi connectivity index (χ4v) is 1.02. The molecular weight excluding hydrogens is 230 g/mol. The number of rotatable bonds is 5. The minimum Gasteiger partial charge on any atom is -0.481 e. The van der Waals surface area contributed by atoms with Crippen molar-refractivity contribution in [2.45, 2.75) is 12.5 Å². The van der Waals surface area contributed by atoms with Gasteiger partial charge in [-0.2, -0.15) is 0 Å². The highest BCUT2D eigenvalue weighted by atomic mass is 16.4. The molecule has 1 rings (SSSR count). The van der Waals surface area contributed by atoms with E-state index in [4.69, 9.17) is 10.2 Å². The lowest BCUT2D eigenvalue weighted by molar-refractivity contribution is -0.145. The first-order valence-electron chi connectivity index (χ1n) is 4.52. The van der Waals surface area contributed by atoms with E-state index < -0.39 is 30.3 Å². The SMILES string of the molecule is O=C(O)CC(NC(=O)c1cnccn1)C(=O)O. The van der Waals surface area contributed by atoms with Crippen molar-refractivity contribution in [2.24, 2.45) is 0 Å². The summed E-state index contributed by atoms with van der Waals surface area (Å²) in [6.45, 7) is 0. The van der Waals surface area contributed by atoms with Gasteiger partial charge in [-0.15, -0.1) is 0 Å². The minimum atomic E-state index is -1.50. The van der Waals surface area contributed by atoms with Gasteiger partial charge in [0.2, 0.25) is 0 Å². The molecule has 0 saturated carbocycles. The molecular formula is C9H9N3O5. The zero-order valence-electron chi connectivity index (χ0n) is 8.53. The van der Waals surface area contributed by atoms with Crippen molar-refractivity contribution in [1.82, 2.24) is 15.3 Å². The van der Waals surface area contributed by atoms with Crippen LogP contribution in [0.25, 0.3) is 0 Å². The second kappa shape index (κ2) is 5.54. The Bertz CT molecular complexity index is 434. The Morgan fingerprint density at radius 1 is 1.29 bits per heavy atom. The molecule has 0 aromatic carbocycles. The van der Waals surface area contributed by atoms with Crippen molar-refractivity contribution in [3.63, 3.8) is 0 Å². The van der Waals surface area contributed by atoms with E-state index in [1.54, 1.807) is 0 Å². The van der Waals surface area contributed by atoms with E-state index >= 15 is 0 Å². The number of amides is 1. The van der Waals surface area contributed by atoms with Crippen LogP contribution in [0.2, 0.25) is 0 Å². The summed E-state index contributed by atoms with van der Waals surface area (Å²) in [5.74, 6) is -3.53. The molecule has 17 heavy (non-hydrogen) atoms. The average molecular weight is 239 g/mol. The molecule has 0 radical (unpaired) electrons. The van der Waals surface area contributed by atoms with E-state index in [9.17, 15) is 14.4 Å². The highest BCUT2D eigenvalue weighted by Gasteiger charge is 2.23. The van der Waals surface area contributed by atoms with Crippen LogP contribution < -0.4 is 5.32 Å². The predicted octanol–water partition coefficient (Wildman–Crippen LogP) is -0.866. The molecule has 0 aliphatic rings. The van der Waals surface area contributed by atoms with Gasteiger partial charge in [0.1, 0.15) is 11.7 Å². The molecule has 0 fully saturated rings. The number of carbonyl (C=O) groups excluding carboxylic acids is 1. The third-order valence-corrected chi connectivity index (χ3v) is 1.78. The maximum Gasteiger partial charge on any atom is 0.326 e. The number of aliphatic carboxylic acids is 2. The summed E-state index contributed by atoms with van der Waals surface area (Å²) < 4.78 is 0. The van der Waals surface area contributed by atoms with E-state index in [1.807, 2.05) is 5.32 Å². The van der Waals surface area contributed by atoms with E-state index in [1.165, 1.54) is 12.4 Å². The van der Waals surface area contributed by atoms with Crippen LogP contribution in [-0.2, 0) is 9.59 Å². The van der Waals surface area contributed by atoms with Gasteiger partial charge < -0.3 is 15.5 Å². The van der Waals surface area contributed by atoms with E-state index in [-0.39, 0.29) is 5.69 Å². The summed E-state index contributed by atoms with van der Waals surface area (Å²) in [6, 6.07) is -1.50. The van der Waals surface area contributed by atoms with Gasteiger partial charge >= 0.3 is 11.9 Å². The fourth-order valence-electron chi connectivity index (χ4n) is 1.02. The number of aromatic nitrogens is 2. The first kappa shape index (κ1) is 12.6. The van der Waals surface area contributed by atoms with Crippen molar-refractivity contribution in [1.29, 1.82) is 0 Å². The lowest BCUT2D eigenvalue weighted by Crippen LogP contribution is -2.42. The van der Waals surface area contributed by atoms with Crippen LogP contribution in [0, 0.1) is 0 Å². The average Bonchev–Trinajstić information content (AvgIpc) is 2.28. The molecule has 3 N–H and O–H groups in total. The Balaban J connectivity index is 2.71. The summed E-state index contributed by atoms with van der Waals surface area (Å²) in [7, 11) is 0. The Kier molecular flexibility index (Phi) is 4.09. The second-order valence-corrected chi connectivity index (χ2v) is 3.05. The predicted molar refractivity (Wildman–Crippen MR) is 53.2 cm³/mol. The van der Waals surface area contributed by atoms with Gasteiger partial charge in [0.25, 0.3) is 5.91 Å². The summed E-state index contributed by atoms with van der Waals surface area (Å²) in [6.07, 6.45) is 3.06. The van der Waals surface area contributed by atoms with Crippen molar-refractivity contribution >= 4 is 17.8 Å². The molecule has 0 spiro atoms. The van der Waals surface area contributed by atoms with E-state index in [0.29, 0.717) is 0 Å². The van der Waals surface area contributed by atoms with Crippen LogP contribution in [-0.4, -0.2) is 44.1 Å². The monoisotopic (exact) mass is 239 g/mol. The number of carboxylic acid groups (broad SMARTS) is 2. The molecule has 1 aromatic heterocycles. The Labute approximate surface area is 95.3 Å². The number of carboxylic acids is 2. The van der Waals surface area contributed by atoms with Gasteiger partial charge in [-0.1, -0.05) is 0 Å². The van der Waals surface area contributed by atoms with Gasteiger partial charge in [-0.25, -0.2) is 9.78 Å². The zero-order chi connectivity index (χ0) is 12.8. The van der Waals surface area contributed by atoms with Gasteiger partial charge in [0.05, 0.1) is 12.6 Å². The molecule has 1 unspecified atom stereocenters. The highest BCUT2D eigenvalue weighted by Crippen LogP contribution is 1.96. The summed E-state index contributed by atoms with van der Waals surface area (Å²) in [5, 5.41) is 19.2. The molecule has 0 aliphatic carbocycles. The summed E-state index contributed by atoms with van der Waals surface area (Å²) in [5.41, 5.74) is -0.0795. The molecule has 1 heterocycles. The first-order chi connectivity index (χ1) is 8.00. The van der Waals surface area contributed by atoms with Gasteiger partial charge in [-0.3, -0.25) is 14.6 Å². The second-order valence-electron chi connectivity index (χ2n) is 3.05. The Morgan fingerprint density at radius 3 is 2.47 bits per heavy atom. The van der Waals surface area contributed by atoms with Crippen molar-refractivity contribution in [2.75, 3.05) is 0 Å². The minimum absolute atomic E-state index is 0.0795. The first-order valence-corrected chi connectivity index (χ1v) is 4.52. The fraction of sp³-hybridized carbons (Fsp3) is 0.222. The van der Waals surface area contributed by atoms with E-state index in [0.717, 1.165) is 6.20 Å². The standard InChI is InChI=1S/C9H9N3O5/c13-7(14)3-5(9(16)17)12-8(15)6-4-10-1-2-11-6/h1-2,4-5H,3H2,(H,12,15)(H,13,14)(H,16,17). The smallest absolute Gasteiger partial charge is 0.326 e.